The number of hydrogen-bond donors (Lipinski definition) is 2. The second-order valence-corrected chi connectivity index (χ2v) is 4.76. The molecule has 1 aromatic heterocycles. The molecule has 0 spiro atoms. The number of aromatic amines is 1. The number of nitrogen functional groups attached to an aromatic ring is 1. The quantitative estimate of drug-likeness (QED) is 0.867. The highest BCUT2D eigenvalue weighted by atomic mass is 16.2. The summed E-state index contributed by atoms with van der Waals surface area (Å²) in [5.41, 5.74) is 9.93. The van der Waals surface area contributed by atoms with Gasteiger partial charge in [-0.05, 0) is 32.4 Å². The number of benzene rings is 1. The summed E-state index contributed by atoms with van der Waals surface area (Å²) in [5.74, 6) is 0.0785. The van der Waals surface area contributed by atoms with Gasteiger partial charge in [0, 0.05) is 18.4 Å². The van der Waals surface area contributed by atoms with Crippen LogP contribution in [0.5, 0.6) is 0 Å². The first-order valence-corrected chi connectivity index (χ1v) is 6.07. The summed E-state index contributed by atoms with van der Waals surface area (Å²) >= 11 is 0. The molecule has 1 amide bonds. The highest BCUT2D eigenvalue weighted by molar-refractivity contribution is 6.09. The standard InChI is InChI=1S/C14H18N4O/c1-8-5-6-11(9(2)7-8)18(4)14(19)12-10(3)16-17-13(12)15/h5-7H,1-4H3,(H3,15,16,17). The lowest BCUT2D eigenvalue weighted by molar-refractivity contribution is 0.0993. The Bertz CT molecular complexity index is 611. The highest BCUT2D eigenvalue weighted by Crippen LogP contribution is 2.23. The van der Waals surface area contributed by atoms with Crippen molar-refractivity contribution in [3.63, 3.8) is 0 Å². The Morgan fingerprint density at radius 1 is 1.32 bits per heavy atom. The maximum absolute atomic E-state index is 12.5. The maximum atomic E-state index is 12.5. The molecule has 2 aromatic rings. The van der Waals surface area contributed by atoms with Crippen molar-refractivity contribution in [1.29, 1.82) is 0 Å². The fourth-order valence-corrected chi connectivity index (χ4v) is 2.18. The minimum absolute atomic E-state index is 0.157. The van der Waals surface area contributed by atoms with Crippen molar-refractivity contribution in [2.24, 2.45) is 0 Å². The molecular weight excluding hydrogens is 240 g/mol. The van der Waals surface area contributed by atoms with E-state index in [-0.39, 0.29) is 11.7 Å². The molecular formula is C14H18N4O. The van der Waals surface area contributed by atoms with Crippen LogP contribution in [-0.2, 0) is 0 Å². The monoisotopic (exact) mass is 258 g/mol. The van der Waals surface area contributed by atoms with Crippen molar-refractivity contribution in [2.45, 2.75) is 20.8 Å². The summed E-state index contributed by atoms with van der Waals surface area (Å²) in [6.07, 6.45) is 0. The number of anilines is 2. The number of aryl methyl sites for hydroxylation is 3. The van der Waals surface area contributed by atoms with E-state index in [9.17, 15) is 4.79 Å². The zero-order valence-corrected chi connectivity index (χ0v) is 11.6. The molecule has 0 radical (unpaired) electrons. The van der Waals surface area contributed by atoms with E-state index in [2.05, 4.69) is 10.2 Å². The van der Waals surface area contributed by atoms with Gasteiger partial charge in [-0.25, -0.2) is 0 Å². The summed E-state index contributed by atoms with van der Waals surface area (Å²) in [7, 11) is 1.74. The van der Waals surface area contributed by atoms with Crippen LogP contribution in [0.15, 0.2) is 18.2 Å². The Labute approximate surface area is 112 Å². The van der Waals surface area contributed by atoms with Crippen LogP contribution in [0, 0.1) is 20.8 Å². The third-order valence-corrected chi connectivity index (χ3v) is 3.21. The number of amides is 1. The Morgan fingerprint density at radius 3 is 2.53 bits per heavy atom. The first kappa shape index (κ1) is 13.1. The smallest absolute Gasteiger partial charge is 0.263 e. The molecule has 1 aromatic carbocycles. The molecule has 2 rings (SSSR count). The molecule has 0 fully saturated rings. The lowest BCUT2D eigenvalue weighted by Gasteiger charge is -2.20. The molecule has 0 aliphatic rings. The fraction of sp³-hybridized carbons (Fsp3) is 0.286. The predicted octanol–water partition coefficient (Wildman–Crippen LogP) is 2.19. The zero-order valence-electron chi connectivity index (χ0n) is 11.6. The topological polar surface area (TPSA) is 75.0 Å². The van der Waals surface area contributed by atoms with Gasteiger partial charge in [0.15, 0.2) is 5.82 Å². The van der Waals surface area contributed by atoms with Crippen molar-refractivity contribution in [2.75, 3.05) is 17.7 Å². The maximum Gasteiger partial charge on any atom is 0.263 e. The first-order valence-electron chi connectivity index (χ1n) is 6.07. The third-order valence-electron chi connectivity index (χ3n) is 3.21. The number of carbonyl (C=O) groups is 1. The molecule has 1 heterocycles. The fourth-order valence-electron chi connectivity index (χ4n) is 2.18. The van der Waals surface area contributed by atoms with E-state index in [0.717, 1.165) is 11.3 Å². The second-order valence-electron chi connectivity index (χ2n) is 4.76. The predicted molar refractivity (Wildman–Crippen MR) is 76.4 cm³/mol. The number of H-pyrrole nitrogens is 1. The number of nitrogens with zero attached hydrogens (tertiary/aromatic N) is 2. The molecule has 0 atom stereocenters. The van der Waals surface area contributed by atoms with Crippen LogP contribution in [0.3, 0.4) is 0 Å². The van der Waals surface area contributed by atoms with E-state index in [1.807, 2.05) is 32.0 Å². The number of rotatable bonds is 2. The SMILES string of the molecule is Cc1ccc(N(C)C(=O)c2c(N)n[nH]c2C)c(C)c1. The lowest BCUT2D eigenvalue weighted by Crippen LogP contribution is -2.28. The number of carbonyl (C=O) groups excluding carboxylic acids is 1. The number of hydrogen-bond acceptors (Lipinski definition) is 3. The van der Waals surface area contributed by atoms with Gasteiger partial charge in [-0.1, -0.05) is 17.7 Å². The van der Waals surface area contributed by atoms with Gasteiger partial charge < -0.3 is 10.6 Å². The number of nitrogens with two attached hydrogens (primary N) is 1. The molecule has 0 saturated heterocycles. The Kier molecular flexibility index (Phi) is 3.29. The molecule has 5 nitrogen and oxygen atoms in total. The van der Waals surface area contributed by atoms with Crippen LogP contribution >= 0.6 is 0 Å². The van der Waals surface area contributed by atoms with Gasteiger partial charge in [-0.3, -0.25) is 9.89 Å². The van der Waals surface area contributed by atoms with Crippen LogP contribution in [-0.4, -0.2) is 23.2 Å². The molecule has 0 bridgehead atoms. The molecule has 0 aliphatic carbocycles. The summed E-state index contributed by atoms with van der Waals surface area (Å²) in [6, 6.07) is 5.97. The van der Waals surface area contributed by atoms with Gasteiger partial charge in [0.2, 0.25) is 0 Å². The van der Waals surface area contributed by atoms with Gasteiger partial charge in [-0.15, -0.1) is 0 Å². The average Bonchev–Trinajstić information content (AvgIpc) is 2.67. The minimum Gasteiger partial charge on any atom is -0.382 e. The lowest BCUT2D eigenvalue weighted by atomic mass is 10.1. The van der Waals surface area contributed by atoms with Crippen molar-refractivity contribution >= 4 is 17.4 Å². The summed E-state index contributed by atoms with van der Waals surface area (Å²) in [5, 5.41) is 6.58. The summed E-state index contributed by atoms with van der Waals surface area (Å²) in [4.78, 5) is 14.1. The van der Waals surface area contributed by atoms with E-state index in [4.69, 9.17) is 5.73 Å². The largest absolute Gasteiger partial charge is 0.382 e. The van der Waals surface area contributed by atoms with Crippen molar-refractivity contribution in [3.05, 3.63) is 40.6 Å². The van der Waals surface area contributed by atoms with Gasteiger partial charge in [0.05, 0.1) is 0 Å². The van der Waals surface area contributed by atoms with E-state index < -0.39 is 0 Å². The van der Waals surface area contributed by atoms with Crippen molar-refractivity contribution < 1.29 is 4.79 Å². The zero-order chi connectivity index (χ0) is 14.2. The van der Waals surface area contributed by atoms with Crippen molar-refractivity contribution in [1.82, 2.24) is 10.2 Å². The molecule has 19 heavy (non-hydrogen) atoms. The Hall–Kier alpha value is -2.30. The van der Waals surface area contributed by atoms with Crippen LogP contribution in [0.1, 0.15) is 27.2 Å². The Balaban J connectivity index is 2.39. The van der Waals surface area contributed by atoms with Gasteiger partial charge in [0.25, 0.3) is 5.91 Å². The van der Waals surface area contributed by atoms with Gasteiger partial charge in [-0.2, -0.15) is 5.10 Å². The van der Waals surface area contributed by atoms with Crippen LogP contribution in [0.2, 0.25) is 0 Å². The second kappa shape index (κ2) is 4.76. The van der Waals surface area contributed by atoms with E-state index in [1.54, 1.807) is 18.9 Å². The van der Waals surface area contributed by atoms with E-state index in [1.165, 1.54) is 5.56 Å². The van der Waals surface area contributed by atoms with E-state index in [0.29, 0.717) is 11.3 Å². The third kappa shape index (κ3) is 2.31. The van der Waals surface area contributed by atoms with Crippen LogP contribution in [0.4, 0.5) is 11.5 Å². The van der Waals surface area contributed by atoms with E-state index >= 15 is 0 Å². The average molecular weight is 258 g/mol. The molecule has 0 aliphatic heterocycles. The Morgan fingerprint density at radius 2 is 2.00 bits per heavy atom. The minimum atomic E-state index is -0.157. The van der Waals surface area contributed by atoms with Gasteiger partial charge >= 0.3 is 0 Å². The molecule has 100 valence electrons. The molecule has 0 unspecified atom stereocenters. The van der Waals surface area contributed by atoms with Crippen LogP contribution in [0.25, 0.3) is 0 Å². The molecule has 3 N–H and O–H groups in total. The summed E-state index contributed by atoms with van der Waals surface area (Å²) < 4.78 is 0. The molecule has 5 heteroatoms. The van der Waals surface area contributed by atoms with Crippen LogP contribution < -0.4 is 10.6 Å². The van der Waals surface area contributed by atoms with Crippen molar-refractivity contribution in [3.8, 4) is 0 Å². The summed E-state index contributed by atoms with van der Waals surface area (Å²) in [6.45, 7) is 5.79. The highest BCUT2D eigenvalue weighted by Gasteiger charge is 2.21. The number of aromatic nitrogens is 2. The first-order chi connectivity index (χ1) is 8.91. The van der Waals surface area contributed by atoms with Gasteiger partial charge in [0.1, 0.15) is 5.56 Å². The molecule has 0 saturated carbocycles. The normalized spacial score (nSPS) is 10.5. The number of nitrogens with one attached hydrogen (secondary N) is 1.